The number of H-pyrrole nitrogens is 1. The molecule has 0 unspecified atom stereocenters. The van der Waals surface area contributed by atoms with E-state index in [1.54, 1.807) is 25.7 Å². The van der Waals surface area contributed by atoms with Crippen molar-refractivity contribution in [3.8, 4) is 5.75 Å². The van der Waals surface area contributed by atoms with E-state index in [4.69, 9.17) is 16.3 Å². The van der Waals surface area contributed by atoms with Crippen LogP contribution in [-0.4, -0.2) is 62.3 Å². The van der Waals surface area contributed by atoms with Crippen molar-refractivity contribution in [2.24, 2.45) is 5.92 Å². The molecular weight excluding hydrogens is 415 g/mol. The predicted molar refractivity (Wildman–Crippen MR) is 108 cm³/mol. The normalized spacial score (nSPS) is 14.4. The molecule has 30 heavy (non-hydrogen) atoms. The van der Waals surface area contributed by atoms with E-state index in [-0.39, 0.29) is 34.6 Å². The summed E-state index contributed by atoms with van der Waals surface area (Å²) in [5, 5.41) is 15.9. The van der Waals surface area contributed by atoms with E-state index < -0.39 is 23.4 Å². The third-order valence-electron chi connectivity index (χ3n) is 4.55. The summed E-state index contributed by atoms with van der Waals surface area (Å²) in [6, 6.07) is 5.19. The Labute approximate surface area is 178 Å². The second-order valence-electron chi connectivity index (χ2n) is 8.32. The van der Waals surface area contributed by atoms with Crippen LogP contribution >= 0.6 is 11.6 Å². The molecule has 0 radical (unpaired) electrons. The maximum Gasteiger partial charge on any atom is 0.410 e. The van der Waals surface area contributed by atoms with Crippen LogP contribution in [-0.2, 0) is 11.3 Å². The lowest BCUT2D eigenvalue weighted by atomic mass is 9.99. The van der Waals surface area contributed by atoms with Gasteiger partial charge in [0.05, 0.1) is 0 Å². The summed E-state index contributed by atoms with van der Waals surface area (Å²) in [5.74, 6) is -1.18. The van der Waals surface area contributed by atoms with Crippen LogP contribution in [0.5, 0.6) is 5.75 Å². The summed E-state index contributed by atoms with van der Waals surface area (Å²) < 4.78 is 19.6. The number of phenols is 1. The third kappa shape index (κ3) is 5.41. The van der Waals surface area contributed by atoms with Gasteiger partial charge in [0.1, 0.15) is 22.9 Å². The monoisotopic (exact) mass is 438 g/mol. The Hall–Kier alpha value is -2.81. The number of phenolic OH excluding ortho intramolecular Hbond substituents is 1. The Morgan fingerprint density at radius 3 is 2.63 bits per heavy atom. The standard InChI is InChI=1S/C20H24ClFN4O4/c1-20(2,3)30-19(29)26-9-12(10-26)8-25(18(28)16-7-17(21)24-23-16)11-13-4-5-14(27)6-15(13)22/h4-7,12,27H,8-11H2,1-3H3,(H,23,24). The summed E-state index contributed by atoms with van der Waals surface area (Å²) in [6.45, 7) is 6.54. The fourth-order valence-electron chi connectivity index (χ4n) is 3.14. The first-order valence-electron chi connectivity index (χ1n) is 9.47. The minimum Gasteiger partial charge on any atom is -0.508 e. The molecule has 1 aromatic carbocycles. The Bertz CT molecular complexity index is 937. The number of benzene rings is 1. The van der Waals surface area contributed by atoms with Crippen molar-refractivity contribution >= 4 is 23.6 Å². The highest BCUT2D eigenvalue weighted by Gasteiger charge is 2.36. The van der Waals surface area contributed by atoms with E-state index in [2.05, 4.69) is 10.2 Å². The smallest absolute Gasteiger partial charge is 0.410 e. The molecule has 8 nitrogen and oxygen atoms in total. The first kappa shape index (κ1) is 21.9. The lowest BCUT2D eigenvalue weighted by molar-refractivity contribution is -0.00591. The number of aromatic hydroxyl groups is 1. The molecule has 0 spiro atoms. The fourth-order valence-corrected chi connectivity index (χ4v) is 3.29. The van der Waals surface area contributed by atoms with Crippen LogP contribution in [0.25, 0.3) is 0 Å². The van der Waals surface area contributed by atoms with E-state index >= 15 is 0 Å². The van der Waals surface area contributed by atoms with E-state index in [0.29, 0.717) is 19.6 Å². The van der Waals surface area contributed by atoms with Gasteiger partial charge in [0, 0.05) is 49.8 Å². The largest absolute Gasteiger partial charge is 0.508 e. The van der Waals surface area contributed by atoms with Gasteiger partial charge in [-0.1, -0.05) is 17.7 Å². The van der Waals surface area contributed by atoms with Crippen LogP contribution in [0.1, 0.15) is 36.8 Å². The van der Waals surface area contributed by atoms with Gasteiger partial charge < -0.3 is 19.6 Å². The molecule has 0 saturated carbocycles. The number of rotatable bonds is 5. The molecule has 10 heteroatoms. The quantitative estimate of drug-likeness (QED) is 0.745. The number of hydrogen-bond donors (Lipinski definition) is 2. The Morgan fingerprint density at radius 1 is 1.37 bits per heavy atom. The lowest BCUT2D eigenvalue weighted by Gasteiger charge is -2.41. The van der Waals surface area contributed by atoms with Gasteiger partial charge in [-0.15, -0.1) is 0 Å². The van der Waals surface area contributed by atoms with Crippen molar-refractivity contribution in [2.75, 3.05) is 19.6 Å². The Kier molecular flexibility index (Phi) is 6.21. The van der Waals surface area contributed by atoms with Gasteiger partial charge in [0.15, 0.2) is 5.15 Å². The second-order valence-corrected chi connectivity index (χ2v) is 8.70. The highest BCUT2D eigenvalue weighted by Crippen LogP contribution is 2.24. The minimum absolute atomic E-state index is 0.00940. The zero-order valence-electron chi connectivity index (χ0n) is 17.0. The summed E-state index contributed by atoms with van der Waals surface area (Å²) in [7, 11) is 0. The lowest BCUT2D eigenvalue weighted by Crippen LogP contribution is -2.55. The number of nitrogens with zero attached hydrogens (tertiary/aromatic N) is 3. The van der Waals surface area contributed by atoms with Gasteiger partial charge in [-0.2, -0.15) is 5.10 Å². The van der Waals surface area contributed by atoms with Crippen LogP contribution in [0.3, 0.4) is 0 Å². The maximum absolute atomic E-state index is 14.2. The van der Waals surface area contributed by atoms with Crippen molar-refractivity contribution in [1.29, 1.82) is 0 Å². The summed E-state index contributed by atoms with van der Waals surface area (Å²) in [5.41, 5.74) is -0.141. The molecule has 3 rings (SSSR count). The maximum atomic E-state index is 14.2. The summed E-state index contributed by atoms with van der Waals surface area (Å²) >= 11 is 5.80. The average Bonchev–Trinajstić information content (AvgIpc) is 3.02. The minimum atomic E-state index is -0.612. The van der Waals surface area contributed by atoms with Gasteiger partial charge >= 0.3 is 6.09 Å². The molecule has 1 fully saturated rings. The zero-order chi connectivity index (χ0) is 22.1. The predicted octanol–water partition coefficient (Wildman–Crippen LogP) is 3.42. The van der Waals surface area contributed by atoms with Crippen LogP contribution < -0.4 is 0 Å². The van der Waals surface area contributed by atoms with Crippen molar-refractivity contribution in [1.82, 2.24) is 20.0 Å². The molecule has 1 saturated heterocycles. The van der Waals surface area contributed by atoms with Crippen molar-refractivity contribution in [2.45, 2.75) is 32.9 Å². The first-order chi connectivity index (χ1) is 14.0. The molecule has 1 aliphatic rings. The molecule has 1 aromatic heterocycles. The van der Waals surface area contributed by atoms with Crippen LogP contribution in [0.15, 0.2) is 24.3 Å². The number of likely N-dealkylation sites (tertiary alicyclic amines) is 1. The summed E-state index contributed by atoms with van der Waals surface area (Å²) in [4.78, 5) is 28.1. The molecule has 2 aromatic rings. The molecule has 1 aliphatic heterocycles. The number of halogens is 2. The van der Waals surface area contributed by atoms with Crippen LogP contribution in [0.4, 0.5) is 9.18 Å². The Balaban J connectivity index is 1.69. The van der Waals surface area contributed by atoms with Crippen LogP contribution in [0.2, 0.25) is 5.15 Å². The molecule has 2 heterocycles. The van der Waals surface area contributed by atoms with Crippen molar-refractivity contribution in [3.63, 3.8) is 0 Å². The van der Waals surface area contributed by atoms with Crippen LogP contribution in [0, 0.1) is 11.7 Å². The third-order valence-corrected chi connectivity index (χ3v) is 4.74. The SMILES string of the molecule is CC(C)(C)OC(=O)N1CC(CN(Cc2ccc(O)cc2F)C(=O)c2cc(Cl)n[nH]2)C1. The highest BCUT2D eigenvalue weighted by molar-refractivity contribution is 6.29. The van der Waals surface area contributed by atoms with Gasteiger partial charge in [-0.05, 0) is 26.8 Å². The average molecular weight is 439 g/mol. The van der Waals surface area contributed by atoms with Gasteiger partial charge in [0.2, 0.25) is 0 Å². The van der Waals surface area contributed by atoms with Gasteiger partial charge in [-0.25, -0.2) is 9.18 Å². The second kappa shape index (κ2) is 8.51. The number of ether oxygens (including phenoxy) is 1. The number of hydrogen-bond acceptors (Lipinski definition) is 5. The molecular formula is C20H24ClFN4O4. The first-order valence-corrected chi connectivity index (χ1v) is 9.85. The fraction of sp³-hybridized carbons (Fsp3) is 0.450. The molecule has 2 N–H and O–H groups in total. The van der Waals surface area contributed by atoms with E-state index in [1.165, 1.54) is 23.1 Å². The van der Waals surface area contributed by atoms with Crippen molar-refractivity contribution in [3.05, 3.63) is 46.5 Å². The van der Waals surface area contributed by atoms with Gasteiger partial charge in [0.25, 0.3) is 5.91 Å². The number of carbonyl (C=O) groups excluding carboxylic acids is 2. The molecule has 0 aliphatic carbocycles. The van der Waals surface area contributed by atoms with E-state index in [9.17, 15) is 19.1 Å². The molecule has 0 bridgehead atoms. The van der Waals surface area contributed by atoms with E-state index in [1.807, 2.05) is 0 Å². The number of aromatic amines is 1. The Morgan fingerprint density at radius 2 is 2.07 bits per heavy atom. The number of nitrogens with one attached hydrogen (secondary N) is 1. The summed E-state index contributed by atoms with van der Waals surface area (Å²) in [6.07, 6.45) is -0.401. The number of carbonyl (C=O) groups is 2. The van der Waals surface area contributed by atoms with Crippen molar-refractivity contribution < 1.29 is 23.8 Å². The molecule has 162 valence electrons. The van der Waals surface area contributed by atoms with Gasteiger partial charge in [-0.3, -0.25) is 9.89 Å². The highest BCUT2D eigenvalue weighted by atomic mass is 35.5. The zero-order valence-corrected chi connectivity index (χ0v) is 17.7. The molecule has 0 atom stereocenters. The number of aromatic nitrogens is 2. The topological polar surface area (TPSA) is 98.8 Å². The van der Waals surface area contributed by atoms with E-state index in [0.717, 1.165) is 6.07 Å². The molecule has 2 amide bonds. The number of amides is 2.